The molecule has 0 aliphatic carbocycles. The second kappa shape index (κ2) is 3.23. The van der Waals surface area contributed by atoms with Gasteiger partial charge in [0.25, 0.3) is 0 Å². The fraction of sp³-hybridized carbons (Fsp3) is 0. The summed E-state index contributed by atoms with van der Waals surface area (Å²) in [6, 6.07) is 4.80. The first-order chi connectivity index (χ1) is 9.16. The van der Waals surface area contributed by atoms with E-state index < -0.39 is 11.4 Å². The summed E-state index contributed by atoms with van der Waals surface area (Å²) < 4.78 is 2.53. The van der Waals surface area contributed by atoms with E-state index in [0.29, 0.717) is 16.1 Å². The topological polar surface area (TPSA) is 94.5 Å². The molecule has 0 aliphatic rings. The highest BCUT2D eigenvalue weighted by Crippen LogP contribution is 2.20. The molecule has 0 unspecified atom stereocenters. The fourth-order valence-electron chi connectivity index (χ4n) is 2.13. The van der Waals surface area contributed by atoms with E-state index in [9.17, 15) is 9.59 Å². The molecule has 3 heterocycles. The van der Waals surface area contributed by atoms with Crippen LogP contribution in [0.4, 0.5) is 0 Å². The number of nitrogens with zero attached hydrogens (tertiary/aromatic N) is 6. The molecule has 3 aromatic heterocycles. The molecule has 0 N–H and O–H groups in total. The minimum Gasteiger partial charge on any atom is -0.243 e. The number of hydrogen-bond acceptors (Lipinski definition) is 6. The zero-order valence-electron chi connectivity index (χ0n) is 9.11. The highest BCUT2D eigenvalue weighted by Gasteiger charge is 2.16. The van der Waals surface area contributed by atoms with Gasteiger partial charge in [-0.25, -0.2) is 18.4 Å². The van der Waals surface area contributed by atoms with E-state index >= 15 is 0 Å². The molecule has 0 atom stereocenters. The third-order valence-corrected chi connectivity index (χ3v) is 3.12. The third kappa shape index (κ3) is 1.18. The van der Waals surface area contributed by atoms with Crippen molar-refractivity contribution in [2.24, 2.45) is 0 Å². The Kier molecular flexibility index (Phi) is 1.76. The average Bonchev–Trinajstić information content (AvgIpc) is 2.94. The van der Waals surface area contributed by atoms with Crippen LogP contribution in [0.1, 0.15) is 0 Å². The molecule has 19 heavy (non-hydrogen) atoms. The first-order valence-corrected chi connectivity index (χ1v) is 5.60. The molecular formula is C10H3ClN6O2. The SMILES string of the molecule is O=c1nnc2c3nnc(=O)n3c3cc(Cl)ccc3n12. The molecule has 4 aromatic rings. The lowest BCUT2D eigenvalue weighted by Crippen LogP contribution is -2.15. The molecule has 0 saturated carbocycles. The summed E-state index contributed by atoms with van der Waals surface area (Å²) in [6.45, 7) is 0. The summed E-state index contributed by atoms with van der Waals surface area (Å²) in [6.07, 6.45) is 0. The molecular weight excluding hydrogens is 272 g/mol. The van der Waals surface area contributed by atoms with Crippen LogP contribution in [0.3, 0.4) is 0 Å². The standard InChI is InChI=1S/C10H3ClN6O2/c11-4-1-2-5-6(3-4)17-8(13-15-10(17)19)7-12-14-9(18)16(5)7/h1-3H. The number of benzene rings is 1. The molecule has 9 heteroatoms. The maximum absolute atomic E-state index is 11.8. The Morgan fingerprint density at radius 3 is 2.05 bits per heavy atom. The molecule has 1 aromatic carbocycles. The highest BCUT2D eigenvalue weighted by molar-refractivity contribution is 6.31. The second-order valence-corrected chi connectivity index (χ2v) is 4.35. The lowest BCUT2D eigenvalue weighted by atomic mass is 10.3. The molecule has 0 amide bonds. The average molecular weight is 275 g/mol. The molecule has 0 bridgehead atoms. The second-order valence-electron chi connectivity index (χ2n) is 3.92. The van der Waals surface area contributed by atoms with Gasteiger partial charge in [-0.15, -0.1) is 10.2 Å². The maximum Gasteiger partial charge on any atom is 0.372 e. The number of halogens is 1. The summed E-state index contributed by atoms with van der Waals surface area (Å²) in [4.78, 5) is 23.5. The van der Waals surface area contributed by atoms with Gasteiger partial charge in [-0.3, -0.25) is 0 Å². The van der Waals surface area contributed by atoms with Gasteiger partial charge in [0.2, 0.25) is 11.3 Å². The van der Waals surface area contributed by atoms with Gasteiger partial charge >= 0.3 is 11.4 Å². The molecule has 0 radical (unpaired) electrons. The van der Waals surface area contributed by atoms with E-state index in [1.54, 1.807) is 18.2 Å². The van der Waals surface area contributed by atoms with E-state index in [4.69, 9.17) is 11.6 Å². The lowest BCUT2D eigenvalue weighted by molar-refractivity contribution is 1.03. The third-order valence-electron chi connectivity index (χ3n) is 2.89. The van der Waals surface area contributed by atoms with Gasteiger partial charge < -0.3 is 0 Å². The number of fused-ring (bicyclic) bond motifs is 6. The zero-order chi connectivity index (χ0) is 13.1. The molecule has 0 spiro atoms. The van der Waals surface area contributed by atoms with Gasteiger partial charge in [-0.1, -0.05) is 21.8 Å². The van der Waals surface area contributed by atoms with Gasteiger partial charge in [0.15, 0.2) is 0 Å². The van der Waals surface area contributed by atoms with Crippen LogP contribution < -0.4 is 11.4 Å². The van der Waals surface area contributed by atoms with Crippen molar-refractivity contribution >= 4 is 33.9 Å². The summed E-state index contributed by atoms with van der Waals surface area (Å²) in [5.41, 5.74) is 0.171. The van der Waals surface area contributed by atoms with Crippen LogP contribution in [-0.4, -0.2) is 29.2 Å². The van der Waals surface area contributed by atoms with Gasteiger partial charge in [0.05, 0.1) is 11.0 Å². The summed E-state index contributed by atoms with van der Waals surface area (Å²) in [7, 11) is 0. The Bertz CT molecular complexity index is 1070. The monoisotopic (exact) mass is 274 g/mol. The Hall–Kier alpha value is -2.61. The van der Waals surface area contributed by atoms with Gasteiger partial charge in [-0.2, -0.15) is 0 Å². The van der Waals surface area contributed by atoms with Crippen molar-refractivity contribution in [1.29, 1.82) is 0 Å². The molecule has 92 valence electrons. The molecule has 0 saturated heterocycles. The predicted molar refractivity (Wildman–Crippen MR) is 65.8 cm³/mol. The van der Waals surface area contributed by atoms with Crippen molar-refractivity contribution in [3.05, 3.63) is 44.2 Å². The highest BCUT2D eigenvalue weighted by atomic mass is 35.5. The van der Waals surface area contributed by atoms with Gasteiger partial charge in [0, 0.05) is 5.02 Å². The van der Waals surface area contributed by atoms with Crippen molar-refractivity contribution in [3.63, 3.8) is 0 Å². The number of aromatic nitrogens is 6. The van der Waals surface area contributed by atoms with Crippen LogP contribution >= 0.6 is 11.6 Å². The molecule has 0 aliphatic heterocycles. The first-order valence-electron chi connectivity index (χ1n) is 5.22. The normalized spacial score (nSPS) is 11.8. The molecule has 4 rings (SSSR count). The number of hydrogen-bond donors (Lipinski definition) is 0. The first kappa shape index (κ1) is 10.3. The van der Waals surface area contributed by atoms with E-state index in [0.717, 1.165) is 0 Å². The van der Waals surface area contributed by atoms with E-state index in [1.807, 2.05) is 0 Å². The predicted octanol–water partition coefficient (Wildman–Crippen LogP) is -0.263. The summed E-state index contributed by atoms with van der Waals surface area (Å²) in [5, 5.41) is 14.8. The molecule has 8 nitrogen and oxygen atoms in total. The Balaban J connectivity index is 2.54. The smallest absolute Gasteiger partial charge is 0.243 e. The summed E-state index contributed by atoms with van der Waals surface area (Å²) >= 11 is 5.93. The van der Waals surface area contributed by atoms with Crippen LogP contribution in [-0.2, 0) is 0 Å². The Labute approximate surface area is 108 Å². The maximum atomic E-state index is 11.8. The van der Waals surface area contributed by atoms with E-state index in [-0.39, 0.29) is 11.3 Å². The van der Waals surface area contributed by atoms with Gasteiger partial charge in [0.1, 0.15) is 0 Å². The van der Waals surface area contributed by atoms with Crippen LogP contribution in [0, 0.1) is 0 Å². The Morgan fingerprint density at radius 1 is 0.842 bits per heavy atom. The van der Waals surface area contributed by atoms with Crippen molar-refractivity contribution < 1.29 is 0 Å². The fourth-order valence-corrected chi connectivity index (χ4v) is 2.30. The van der Waals surface area contributed by atoms with Crippen molar-refractivity contribution in [2.45, 2.75) is 0 Å². The van der Waals surface area contributed by atoms with E-state index in [1.165, 1.54) is 8.80 Å². The number of rotatable bonds is 0. The van der Waals surface area contributed by atoms with Crippen molar-refractivity contribution in [3.8, 4) is 0 Å². The van der Waals surface area contributed by atoms with Crippen LogP contribution in [0.5, 0.6) is 0 Å². The van der Waals surface area contributed by atoms with Crippen molar-refractivity contribution in [1.82, 2.24) is 29.2 Å². The minimum absolute atomic E-state index is 0.175. The van der Waals surface area contributed by atoms with Crippen LogP contribution in [0.15, 0.2) is 27.8 Å². The van der Waals surface area contributed by atoms with Gasteiger partial charge in [-0.05, 0) is 18.2 Å². The Morgan fingerprint density at radius 2 is 1.42 bits per heavy atom. The largest absolute Gasteiger partial charge is 0.372 e. The van der Waals surface area contributed by atoms with Crippen LogP contribution in [0.2, 0.25) is 5.02 Å². The van der Waals surface area contributed by atoms with E-state index in [2.05, 4.69) is 20.4 Å². The zero-order valence-corrected chi connectivity index (χ0v) is 9.87. The quantitative estimate of drug-likeness (QED) is 0.438. The van der Waals surface area contributed by atoms with Crippen molar-refractivity contribution in [2.75, 3.05) is 0 Å². The van der Waals surface area contributed by atoms with Crippen LogP contribution in [0.25, 0.3) is 22.3 Å². The molecule has 0 fully saturated rings. The summed E-state index contributed by atoms with van der Waals surface area (Å²) in [5.74, 6) is 0. The minimum atomic E-state index is -0.555. The lowest BCUT2D eigenvalue weighted by Gasteiger charge is -2.03.